The monoisotopic (exact) mass is 221 g/mol. The van der Waals surface area contributed by atoms with Crippen molar-refractivity contribution in [3.05, 3.63) is 29.6 Å². The van der Waals surface area contributed by atoms with E-state index in [9.17, 15) is 0 Å². The zero-order valence-corrected chi connectivity index (χ0v) is 10.8. The van der Waals surface area contributed by atoms with E-state index >= 15 is 0 Å². The van der Waals surface area contributed by atoms with E-state index in [0.29, 0.717) is 6.04 Å². The molecule has 1 N–H and O–H groups in total. The Hall–Kier alpha value is -1.09. The van der Waals surface area contributed by atoms with E-state index in [1.165, 1.54) is 5.69 Å². The minimum atomic E-state index is 0.577. The van der Waals surface area contributed by atoms with Gasteiger partial charge >= 0.3 is 0 Å². The number of nitrogens with one attached hydrogen (secondary N) is 1. The van der Waals surface area contributed by atoms with Crippen LogP contribution >= 0.6 is 0 Å². The number of aryl methyl sites for hydroxylation is 2. The summed E-state index contributed by atoms with van der Waals surface area (Å²) in [6.07, 6.45) is 6.52. The lowest BCUT2D eigenvalue weighted by Gasteiger charge is -2.04. The maximum Gasteiger partial charge on any atom is 0.0596 e. The van der Waals surface area contributed by atoms with E-state index < -0.39 is 0 Å². The summed E-state index contributed by atoms with van der Waals surface area (Å²) in [7, 11) is 2.00. The van der Waals surface area contributed by atoms with Gasteiger partial charge in [0.25, 0.3) is 0 Å². The molecule has 0 aliphatic carbocycles. The lowest BCUT2D eigenvalue weighted by Crippen LogP contribution is -2.23. The van der Waals surface area contributed by atoms with Crippen LogP contribution in [-0.2, 0) is 13.5 Å². The zero-order valence-electron chi connectivity index (χ0n) is 10.8. The van der Waals surface area contributed by atoms with E-state index in [2.05, 4.69) is 42.5 Å². The van der Waals surface area contributed by atoms with E-state index in [-0.39, 0.29) is 0 Å². The first-order valence-electron chi connectivity index (χ1n) is 5.97. The largest absolute Gasteiger partial charge is 0.314 e. The van der Waals surface area contributed by atoms with Crippen LogP contribution in [0.5, 0.6) is 0 Å². The summed E-state index contributed by atoms with van der Waals surface area (Å²) in [6.45, 7) is 7.42. The molecular formula is C13H23N3. The Morgan fingerprint density at radius 3 is 2.75 bits per heavy atom. The quantitative estimate of drug-likeness (QED) is 0.589. The number of hydrogen-bond acceptors (Lipinski definition) is 2. The second-order valence-electron chi connectivity index (χ2n) is 4.47. The Labute approximate surface area is 98.5 Å². The van der Waals surface area contributed by atoms with Crippen molar-refractivity contribution in [3.63, 3.8) is 0 Å². The highest BCUT2D eigenvalue weighted by Crippen LogP contribution is 2.03. The molecule has 0 saturated heterocycles. The van der Waals surface area contributed by atoms with Gasteiger partial charge in [0, 0.05) is 25.2 Å². The first-order valence-corrected chi connectivity index (χ1v) is 5.97. The SMILES string of the molecule is Cc1cc(CC=CCCNC(C)C)n(C)n1. The van der Waals surface area contributed by atoms with Crippen LogP contribution < -0.4 is 5.32 Å². The van der Waals surface area contributed by atoms with E-state index in [1.807, 2.05) is 18.7 Å². The molecule has 0 aromatic carbocycles. The normalized spacial score (nSPS) is 11.8. The van der Waals surface area contributed by atoms with Gasteiger partial charge in [-0.3, -0.25) is 4.68 Å². The van der Waals surface area contributed by atoms with Crippen molar-refractivity contribution in [2.45, 2.75) is 39.7 Å². The van der Waals surface area contributed by atoms with Crippen LogP contribution in [0.3, 0.4) is 0 Å². The standard InChI is InChI=1S/C13H23N3/c1-11(2)14-9-7-5-6-8-13-10-12(3)15-16(13)4/h5-6,10-11,14H,7-9H2,1-4H3. The van der Waals surface area contributed by atoms with Gasteiger partial charge in [0.1, 0.15) is 0 Å². The van der Waals surface area contributed by atoms with Crippen LogP contribution in [0.25, 0.3) is 0 Å². The third kappa shape index (κ3) is 4.62. The van der Waals surface area contributed by atoms with E-state index in [0.717, 1.165) is 25.1 Å². The third-order valence-corrected chi connectivity index (χ3v) is 2.46. The topological polar surface area (TPSA) is 29.9 Å². The number of allylic oxidation sites excluding steroid dienone is 1. The van der Waals surface area contributed by atoms with Gasteiger partial charge in [-0.05, 0) is 26.0 Å². The van der Waals surface area contributed by atoms with Crippen LogP contribution in [0.2, 0.25) is 0 Å². The Balaban J connectivity index is 2.24. The molecule has 0 fully saturated rings. The van der Waals surface area contributed by atoms with Crippen molar-refractivity contribution in [3.8, 4) is 0 Å². The van der Waals surface area contributed by atoms with Gasteiger partial charge < -0.3 is 5.32 Å². The Morgan fingerprint density at radius 1 is 1.44 bits per heavy atom. The summed E-state index contributed by atoms with van der Waals surface area (Å²) in [5.74, 6) is 0. The van der Waals surface area contributed by atoms with Crippen LogP contribution in [0.4, 0.5) is 0 Å². The van der Waals surface area contributed by atoms with Gasteiger partial charge in [-0.2, -0.15) is 5.10 Å². The molecule has 0 atom stereocenters. The molecule has 0 spiro atoms. The fraction of sp³-hybridized carbons (Fsp3) is 0.615. The van der Waals surface area contributed by atoms with Crippen LogP contribution in [0.15, 0.2) is 18.2 Å². The molecule has 0 radical (unpaired) electrons. The van der Waals surface area contributed by atoms with E-state index in [1.54, 1.807) is 0 Å². The molecule has 0 amide bonds. The highest BCUT2D eigenvalue weighted by molar-refractivity contribution is 5.11. The molecule has 0 saturated carbocycles. The molecule has 3 nitrogen and oxygen atoms in total. The highest BCUT2D eigenvalue weighted by atomic mass is 15.3. The van der Waals surface area contributed by atoms with Crippen molar-refractivity contribution in [1.82, 2.24) is 15.1 Å². The van der Waals surface area contributed by atoms with Crippen LogP contribution in [0, 0.1) is 6.92 Å². The first kappa shape index (κ1) is 13.0. The van der Waals surface area contributed by atoms with Crippen molar-refractivity contribution >= 4 is 0 Å². The maximum atomic E-state index is 4.32. The lowest BCUT2D eigenvalue weighted by atomic mass is 10.2. The average molecular weight is 221 g/mol. The lowest BCUT2D eigenvalue weighted by molar-refractivity contribution is 0.594. The number of nitrogens with zero attached hydrogens (tertiary/aromatic N) is 2. The van der Waals surface area contributed by atoms with Crippen molar-refractivity contribution < 1.29 is 0 Å². The van der Waals surface area contributed by atoms with Gasteiger partial charge in [0.2, 0.25) is 0 Å². The second kappa shape index (κ2) is 6.48. The summed E-state index contributed by atoms with van der Waals surface area (Å²) in [4.78, 5) is 0. The van der Waals surface area contributed by atoms with Gasteiger partial charge in [0.15, 0.2) is 0 Å². The summed E-state index contributed by atoms with van der Waals surface area (Å²) in [5.41, 5.74) is 2.36. The first-order chi connectivity index (χ1) is 7.59. The fourth-order valence-electron chi connectivity index (χ4n) is 1.63. The fourth-order valence-corrected chi connectivity index (χ4v) is 1.63. The van der Waals surface area contributed by atoms with Crippen LogP contribution in [0.1, 0.15) is 31.7 Å². The van der Waals surface area contributed by atoms with Crippen molar-refractivity contribution in [2.75, 3.05) is 6.54 Å². The molecule has 1 heterocycles. The molecule has 1 aromatic rings. The zero-order chi connectivity index (χ0) is 12.0. The Morgan fingerprint density at radius 2 is 2.19 bits per heavy atom. The molecule has 0 unspecified atom stereocenters. The molecule has 90 valence electrons. The van der Waals surface area contributed by atoms with Crippen LogP contribution in [-0.4, -0.2) is 22.4 Å². The predicted molar refractivity (Wildman–Crippen MR) is 68.5 cm³/mol. The van der Waals surface area contributed by atoms with E-state index in [4.69, 9.17) is 0 Å². The summed E-state index contributed by atoms with van der Waals surface area (Å²) in [6, 6.07) is 2.71. The molecule has 0 aliphatic rings. The predicted octanol–water partition coefficient (Wildman–Crippen LogP) is 2.22. The molecule has 0 aliphatic heterocycles. The second-order valence-corrected chi connectivity index (χ2v) is 4.47. The molecular weight excluding hydrogens is 198 g/mol. The third-order valence-electron chi connectivity index (χ3n) is 2.46. The molecule has 1 aromatic heterocycles. The molecule has 0 bridgehead atoms. The molecule has 3 heteroatoms. The Bertz CT molecular complexity index is 337. The molecule has 16 heavy (non-hydrogen) atoms. The smallest absolute Gasteiger partial charge is 0.0596 e. The average Bonchev–Trinajstić information content (AvgIpc) is 2.50. The number of rotatable bonds is 6. The minimum absolute atomic E-state index is 0.577. The van der Waals surface area contributed by atoms with Gasteiger partial charge in [0.05, 0.1) is 5.69 Å². The van der Waals surface area contributed by atoms with Gasteiger partial charge in [-0.1, -0.05) is 26.0 Å². The molecule has 1 rings (SSSR count). The van der Waals surface area contributed by atoms with Crippen molar-refractivity contribution in [1.29, 1.82) is 0 Å². The summed E-state index contributed by atoms with van der Waals surface area (Å²) < 4.78 is 1.95. The number of hydrogen-bond donors (Lipinski definition) is 1. The summed E-state index contributed by atoms with van der Waals surface area (Å²) >= 11 is 0. The van der Waals surface area contributed by atoms with Gasteiger partial charge in [-0.15, -0.1) is 0 Å². The van der Waals surface area contributed by atoms with Crippen molar-refractivity contribution in [2.24, 2.45) is 7.05 Å². The summed E-state index contributed by atoms with van der Waals surface area (Å²) in [5, 5.41) is 7.71. The number of aromatic nitrogens is 2. The highest BCUT2D eigenvalue weighted by Gasteiger charge is 1.98. The minimum Gasteiger partial charge on any atom is -0.314 e. The van der Waals surface area contributed by atoms with Gasteiger partial charge in [-0.25, -0.2) is 0 Å². The maximum absolute atomic E-state index is 4.32. The Kier molecular flexibility index (Phi) is 5.26.